The number of thiophene rings is 1. The molecule has 0 unspecified atom stereocenters. The summed E-state index contributed by atoms with van der Waals surface area (Å²) in [6.07, 6.45) is 9.27. The number of nitrogens with zero attached hydrogens (tertiary/aromatic N) is 1. The maximum atomic E-state index is 5.89. The minimum Gasteiger partial charge on any atom is -0.493 e. The van der Waals surface area contributed by atoms with Crippen LogP contribution in [-0.2, 0) is 6.54 Å². The zero-order valence-corrected chi connectivity index (χ0v) is 18.3. The Morgan fingerprint density at radius 2 is 2.04 bits per heavy atom. The van der Waals surface area contributed by atoms with Crippen molar-refractivity contribution < 1.29 is 4.74 Å². The van der Waals surface area contributed by atoms with Gasteiger partial charge in [0.25, 0.3) is 0 Å². The Kier molecular flexibility index (Phi) is 9.07. The van der Waals surface area contributed by atoms with Gasteiger partial charge in [-0.2, -0.15) is 11.3 Å². The van der Waals surface area contributed by atoms with Crippen LogP contribution in [0.4, 0.5) is 0 Å². The molecule has 3 heteroatoms. The van der Waals surface area contributed by atoms with E-state index in [2.05, 4.69) is 97.8 Å². The van der Waals surface area contributed by atoms with Crippen LogP contribution in [0, 0.1) is 17.3 Å². The van der Waals surface area contributed by atoms with Gasteiger partial charge < -0.3 is 4.74 Å². The van der Waals surface area contributed by atoms with Gasteiger partial charge >= 0.3 is 0 Å². The highest BCUT2D eigenvalue weighted by Crippen LogP contribution is 2.15. The van der Waals surface area contributed by atoms with E-state index in [1.807, 2.05) is 12.1 Å². The number of hydrogen-bond donors (Lipinski definition) is 0. The second kappa shape index (κ2) is 11.5. The van der Waals surface area contributed by atoms with Gasteiger partial charge in [0.15, 0.2) is 0 Å². The molecule has 1 aromatic carbocycles. The Hall–Kier alpha value is -2.28. The Morgan fingerprint density at radius 1 is 1.18 bits per heavy atom. The molecule has 0 fully saturated rings. The minimum atomic E-state index is 0.0520. The molecule has 0 N–H and O–H groups in total. The van der Waals surface area contributed by atoms with Crippen molar-refractivity contribution in [3.63, 3.8) is 0 Å². The fraction of sp³-hybridized carbons (Fsp3) is 0.360. The number of rotatable bonds is 9. The van der Waals surface area contributed by atoms with E-state index < -0.39 is 0 Å². The highest BCUT2D eigenvalue weighted by Gasteiger charge is 2.03. The number of likely N-dealkylation sites (N-methyl/N-ethyl adjacent to an activating group) is 1. The predicted octanol–water partition coefficient (Wildman–Crippen LogP) is 6.27. The van der Waals surface area contributed by atoms with Crippen LogP contribution in [0.2, 0.25) is 0 Å². The normalized spacial score (nSPS) is 11.9. The predicted molar refractivity (Wildman–Crippen MR) is 123 cm³/mol. The molecule has 0 radical (unpaired) electrons. The lowest BCUT2D eigenvalue weighted by Crippen LogP contribution is -2.17. The standard InChI is InChI=1S/C25H31NOS/c1-25(2,3)15-7-5-8-16-26(4)20-23-12-10-13-24(19-23)27-17-9-6-11-22-14-18-28-21-22/h5-6,8,10-14,18-19,21H,9,16-17,20H2,1-4H3. The summed E-state index contributed by atoms with van der Waals surface area (Å²) in [6, 6.07) is 10.5. The minimum absolute atomic E-state index is 0.0520. The van der Waals surface area contributed by atoms with E-state index in [9.17, 15) is 0 Å². The summed E-state index contributed by atoms with van der Waals surface area (Å²) < 4.78 is 5.89. The number of benzene rings is 1. The van der Waals surface area contributed by atoms with E-state index >= 15 is 0 Å². The summed E-state index contributed by atoms with van der Waals surface area (Å²) in [5.74, 6) is 7.26. The lowest BCUT2D eigenvalue weighted by molar-refractivity contribution is 0.322. The summed E-state index contributed by atoms with van der Waals surface area (Å²) in [6.45, 7) is 8.80. The first-order valence-corrected chi connectivity index (χ1v) is 10.6. The van der Waals surface area contributed by atoms with E-state index in [4.69, 9.17) is 4.74 Å². The monoisotopic (exact) mass is 393 g/mol. The molecule has 0 amide bonds. The molecule has 1 aromatic heterocycles. The van der Waals surface area contributed by atoms with Crippen LogP contribution in [0.3, 0.4) is 0 Å². The smallest absolute Gasteiger partial charge is 0.119 e. The quantitative estimate of drug-likeness (QED) is 0.368. The van der Waals surface area contributed by atoms with Crippen molar-refractivity contribution in [2.45, 2.75) is 33.7 Å². The van der Waals surface area contributed by atoms with Crippen LogP contribution in [-0.4, -0.2) is 25.1 Å². The molecule has 0 saturated heterocycles. The largest absolute Gasteiger partial charge is 0.493 e. The van der Waals surface area contributed by atoms with Gasteiger partial charge in [-0.25, -0.2) is 0 Å². The molecule has 1 heterocycles. The Morgan fingerprint density at radius 3 is 2.79 bits per heavy atom. The summed E-state index contributed by atoms with van der Waals surface area (Å²) >= 11 is 1.72. The van der Waals surface area contributed by atoms with Gasteiger partial charge in [-0.1, -0.05) is 42.2 Å². The van der Waals surface area contributed by atoms with Crippen molar-refractivity contribution in [1.29, 1.82) is 0 Å². The average molecular weight is 394 g/mol. The SMILES string of the molecule is CN(CC=CC#CC(C)(C)C)Cc1cccc(OCCC=Cc2ccsc2)c1. The third-order valence-electron chi connectivity index (χ3n) is 3.82. The van der Waals surface area contributed by atoms with E-state index in [1.165, 1.54) is 11.1 Å². The molecule has 2 nitrogen and oxygen atoms in total. The molecule has 2 rings (SSSR count). The molecule has 0 spiro atoms. The Labute approximate surface area is 174 Å². The fourth-order valence-corrected chi connectivity index (χ4v) is 3.12. The topological polar surface area (TPSA) is 12.5 Å². The van der Waals surface area contributed by atoms with Gasteiger partial charge in [0.05, 0.1) is 6.61 Å². The van der Waals surface area contributed by atoms with Crippen LogP contribution >= 0.6 is 11.3 Å². The van der Waals surface area contributed by atoms with E-state index in [1.54, 1.807) is 11.3 Å². The lowest BCUT2D eigenvalue weighted by atomic mass is 9.98. The molecule has 0 aliphatic heterocycles. The maximum Gasteiger partial charge on any atom is 0.119 e. The van der Waals surface area contributed by atoms with Crippen molar-refractivity contribution in [1.82, 2.24) is 4.90 Å². The highest BCUT2D eigenvalue weighted by atomic mass is 32.1. The second-order valence-electron chi connectivity index (χ2n) is 7.86. The molecule has 28 heavy (non-hydrogen) atoms. The van der Waals surface area contributed by atoms with Crippen molar-refractivity contribution >= 4 is 17.4 Å². The van der Waals surface area contributed by atoms with Gasteiger partial charge in [0, 0.05) is 18.5 Å². The van der Waals surface area contributed by atoms with Crippen molar-refractivity contribution in [3.8, 4) is 17.6 Å². The zero-order valence-electron chi connectivity index (χ0n) is 17.4. The molecule has 0 saturated carbocycles. The first kappa shape index (κ1) is 22.0. The lowest BCUT2D eigenvalue weighted by Gasteiger charge is -2.15. The second-order valence-corrected chi connectivity index (χ2v) is 8.64. The molecule has 2 aromatic rings. The van der Waals surface area contributed by atoms with Crippen molar-refractivity contribution in [2.75, 3.05) is 20.2 Å². The van der Waals surface area contributed by atoms with Gasteiger partial charge in [-0.15, -0.1) is 0 Å². The van der Waals surface area contributed by atoms with E-state index in [0.29, 0.717) is 6.61 Å². The molecule has 0 aliphatic carbocycles. The number of allylic oxidation sites excluding steroid dienone is 1. The summed E-state index contributed by atoms with van der Waals surface area (Å²) in [7, 11) is 2.12. The zero-order chi connectivity index (χ0) is 20.2. The Balaban J connectivity index is 1.74. The summed E-state index contributed by atoms with van der Waals surface area (Å²) in [5, 5.41) is 4.23. The maximum absolute atomic E-state index is 5.89. The first-order valence-electron chi connectivity index (χ1n) is 9.69. The number of hydrogen-bond acceptors (Lipinski definition) is 3. The fourth-order valence-electron chi connectivity index (χ4n) is 2.49. The first-order chi connectivity index (χ1) is 13.4. The van der Waals surface area contributed by atoms with Crippen LogP contribution in [0.1, 0.15) is 38.3 Å². The number of ether oxygens (including phenoxy) is 1. The van der Waals surface area contributed by atoms with E-state index in [-0.39, 0.29) is 5.41 Å². The molecule has 148 valence electrons. The Bertz CT molecular complexity index is 816. The van der Waals surface area contributed by atoms with Crippen molar-refractivity contribution in [2.24, 2.45) is 5.41 Å². The van der Waals surface area contributed by atoms with Crippen LogP contribution < -0.4 is 4.74 Å². The third-order valence-corrected chi connectivity index (χ3v) is 4.52. The molecule has 0 aliphatic rings. The summed E-state index contributed by atoms with van der Waals surface area (Å²) in [5.41, 5.74) is 2.56. The molecular weight excluding hydrogens is 362 g/mol. The van der Waals surface area contributed by atoms with Gasteiger partial charge in [-0.05, 0) is 80.4 Å². The van der Waals surface area contributed by atoms with Crippen LogP contribution in [0.15, 0.2) is 59.3 Å². The summed E-state index contributed by atoms with van der Waals surface area (Å²) in [4.78, 5) is 2.26. The van der Waals surface area contributed by atoms with Gasteiger partial charge in [0.1, 0.15) is 5.75 Å². The van der Waals surface area contributed by atoms with Gasteiger partial charge in [-0.3, -0.25) is 4.90 Å². The van der Waals surface area contributed by atoms with Crippen LogP contribution in [0.5, 0.6) is 5.75 Å². The van der Waals surface area contributed by atoms with Gasteiger partial charge in [0.2, 0.25) is 0 Å². The third kappa shape index (κ3) is 9.60. The molecule has 0 bridgehead atoms. The molecule has 0 atom stereocenters. The average Bonchev–Trinajstić information content (AvgIpc) is 3.14. The molecular formula is C25H31NOS. The highest BCUT2D eigenvalue weighted by molar-refractivity contribution is 7.08. The van der Waals surface area contributed by atoms with Crippen LogP contribution in [0.25, 0.3) is 6.08 Å². The van der Waals surface area contributed by atoms with E-state index in [0.717, 1.165) is 25.3 Å². The van der Waals surface area contributed by atoms with Crippen molar-refractivity contribution in [3.05, 3.63) is 70.4 Å².